The lowest BCUT2D eigenvalue weighted by Crippen LogP contribution is -2.29. The normalized spacial score (nSPS) is 11.2. The molecule has 0 aliphatic carbocycles. The van der Waals surface area contributed by atoms with Gasteiger partial charge in [-0.25, -0.2) is 4.79 Å². The molecule has 0 aliphatic heterocycles. The Labute approximate surface area is 99.6 Å². The van der Waals surface area contributed by atoms with E-state index in [1.54, 1.807) is 0 Å². The quantitative estimate of drug-likeness (QED) is 0.565. The number of ether oxygens (including phenoxy) is 1. The van der Waals surface area contributed by atoms with Gasteiger partial charge in [-0.05, 0) is 24.8 Å². The van der Waals surface area contributed by atoms with Crippen LogP contribution in [0.2, 0.25) is 0 Å². The Balaban J connectivity index is 2.27. The Bertz CT molecular complexity index is 350. The standard InChI is InChI=1S/C13H16F2O2/c1-17-12(16)13(14,15)10-6-5-9-11-7-3-2-4-8-11/h2-4,7-8H,5-6,9-10H2,1H3. The van der Waals surface area contributed by atoms with Gasteiger partial charge in [0.2, 0.25) is 0 Å². The van der Waals surface area contributed by atoms with Crippen molar-refractivity contribution in [2.45, 2.75) is 31.6 Å². The molecule has 17 heavy (non-hydrogen) atoms. The van der Waals surface area contributed by atoms with Gasteiger partial charge in [0.15, 0.2) is 0 Å². The molecule has 94 valence electrons. The summed E-state index contributed by atoms with van der Waals surface area (Å²) in [7, 11) is 0.972. The number of halogens is 2. The number of unbranched alkanes of at least 4 members (excludes halogenated alkanes) is 1. The van der Waals surface area contributed by atoms with Gasteiger partial charge in [-0.15, -0.1) is 0 Å². The van der Waals surface area contributed by atoms with Crippen LogP contribution in [-0.4, -0.2) is 19.0 Å². The third-order valence-corrected chi connectivity index (χ3v) is 2.53. The molecular formula is C13H16F2O2. The molecule has 0 atom stereocenters. The Morgan fingerprint density at radius 1 is 1.24 bits per heavy atom. The fraction of sp³-hybridized carbons (Fsp3) is 0.462. The van der Waals surface area contributed by atoms with Crippen LogP contribution in [0.5, 0.6) is 0 Å². The Morgan fingerprint density at radius 2 is 1.88 bits per heavy atom. The van der Waals surface area contributed by atoms with Crippen molar-refractivity contribution in [2.24, 2.45) is 0 Å². The van der Waals surface area contributed by atoms with E-state index in [-0.39, 0.29) is 0 Å². The van der Waals surface area contributed by atoms with Crippen LogP contribution in [0.1, 0.15) is 24.8 Å². The molecule has 0 fully saturated rings. The summed E-state index contributed by atoms with van der Waals surface area (Å²) >= 11 is 0. The van der Waals surface area contributed by atoms with Crippen LogP contribution in [-0.2, 0) is 16.0 Å². The van der Waals surface area contributed by atoms with Crippen molar-refractivity contribution < 1.29 is 18.3 Å². The molecule has 0 heterocycles. The number of hydrogen-bond donors (Lipinski definition) is 0. The Kier molecular flexibility index (Phi) is 5.07. The molecule has 0 saturated heterocycles. The topological polar surface area (TPSA) is 26.3 Å². The maximum atomic E-state index is 13.1. The second kappa shape index (κ2) is 6.33. The van der Waals surface area contributed by atoms with Crippen molar-refractivity contribution in [1.82, 2.24) is 0 Å². The first-order valence-corrected chi connectivity index (χ1v) is 5.56. The molecule has 0 radical (unpaired) electrons. The lowest BCUT2D eigenvalue weighted by Gasteiger charge is -2.12. The Morgan fingerprint density at radius 3 is 2.47 bits per heavy atom. The number of esters is 1. The SMILES string of the molecule is COC(=O)C(F)(F)CCCCc1ccccc1. The van der Waals surface area contributed by atoms with Crippen molar-refractivity contribution in [3.8, 4) is 0 Å². The summed E-state index contributed by atoms with van der Waals surface area (Å²) in [5.74, 6) is -4.80. The number of benzene rings is 1. The number of methoxy groups -OCH3 is 1. The predicted molar refractivity (Wildman–Crippen MR) is 61.0 cm³/mol. The smallest absolute Gasteiger partial charge is 0.376 e. The summed E-state index contributed by atoms with van der Waals surface area (Å²) in [6.45, 7) is 0. The molecule has 2 nitrogen and oxygen atoms in total. The van der Waals surface area contributed by atoms with E-state index in [0.717, 1.165) is 19.1 Å². The first-order valence-electron chi connectivity index (χ1n) is 5.56. The summed E-state index contributed by atoms with van der Waals surface area (Å²) in [4.78, 5) is 10.7. The van der Waals surface area contributed by atoms with E-state index in [2.05, 4.69) is 4.74 Å². The first-order chi connectivity index (χ1) is 8.06. The van der Waals surface area contributed by atoms with Gasteiger partial charge < -0.3 is 4.74 Å². The molecule has 0 aliphatic rings. The summed E-state index contributed by atoms with van der Waals surface area (Å²) in [5.41, 5.74) is 1.12. The van der Waals surface area contributed by atoms with E-state index in [0.29, 0.717) is 12.8 Å². The lowest BCUT2D eigenvalue weighted by molar-refractivity contribution is -0.169. The number of carbonyl (C=O) groups excluding carboxylic acids is 1. The van der Waals surface area contributed by atoms with E-state index in [1.165, 1.54) is 0 Å². The minimum Gasteiger partial charge on any atom is -0.465 e. The summed E-state index contributed by atoms with van der Waals surface area (Å²) in [6, 6.07) is 9.66. The molecule has 0 aromatic heterocycles. The van der Waals surface area contributed by atoms with E-state index in [1.807, 2.05) is 30.3 Å². The third-order valence-electron chi connectivity index (χ3n) is 2.53. The molecule has 0 saturated carbocycles. The number of carbonyl (C=O) groups is 1. The molecule has 0 unspecified atom stereocenters. The maximum Gasteiger partial charge on any atom is 0.376 e. The monoisotopic (exact) mass is 242 g/mol. The average molecular weight is 242 g/mol. The van der Waals surface area contributed by atoms with Gasteiger partial charge in [0.05, 0.1) is 7.11 Å². The number of hydrogen-bond acceptors (Lipinski definition) is 2. The lowest BCUT2D eigenvalue weighted by atomic mass is 10.1. The molecule has 0 spiro atoms. The zero-order chi connectivity index (χ0) is 12.7. The molecule has 0 bridgehead atoms. The van der Waals surface area contributed by atoms with Crippen LogP contribution >= 0.6 is 0 Å². The minimum atomic E-state index is -3.36. The fourth-order valence-corrected chi connectivity index (χ4v) is 1.57. The molecule has 1 aromatic carbocycles. The second-order valence-corrected chi connectivity index (χ2v) is 3.89. The predicted octanol–water partition coefficient (Wildman–Crippen LogP) is 3.21. The zero-order valence-corrected chi connectivity index (χ0v) is 9.79. The van der Waals surface area contributed by atoms with Crippen molar-refractivity contribution in [3.05, 3.63) is 35.9 Å². The van der Waals surface area contributed by atoms with Gasteiger partial charge in [0, 0.05) is 6.42 Å². The van der Waals surface area contributed by atoms with Crippen LogP contribution in [0.4, 0.5) is 8.78 Å². The van der Waals surface area contributed by atoms with E-state index < -0.39 is 18.3 Å². The number of alkyl halides is 2. The highest BCUT2D eigenvalue weighted by Gasteiger charge is 2.39. The van der Waals surface area contributed by atoms with Gasteiger partial charge in [-0.2, -0.15) is 8.78 Å². The first kappa shape index (κ1) is 13.6. The third kappa shape index (κ3) is 4.51. The second-order valence-electron chi connectivity index (χ2n) is 3.89. The van der Waals surface area contributed by atoms with Crippen LogP contribution in [0.15, 0.2) is 30.3 Å². The average Bonchev–Trinajstić information content (AvgIpc) is 2.35. The van der Waals surface area contributed by atoms with Crippen molar-refractivity contribution in [2.75, 3.05) is 7.11 Å². The Hall–Kier alpha value is -1.45. The van der Waals surface area contributed by atoms with Gasteiger partial charge >= 0.3 is 11.9 Å². The van der Waals surface area contributed by atoms with Gasteiger partial charge in [0.1, 0.15) is 0 Å². The highest BCUT2D eigenvalue weighted by atomic mass is 19.3. The maximum absolute atomic E-state index is 13.1. The minimum absolute atomic E-state index is 0.303. The molecule has 4 heteroatoms. The zero-order valence-electron chi connectivity index (χ0n) is 9.79. The van der Waals surface area contributed by atoms with E-state index in [4.69, 9.17) is 0 Å². The van der Waals surface area contributed by atoms with Crippen molar-refractivity contribution >= 4 is 5.97 Å². The van der Waals surface area contributed by atoms with Crippen LogP contribution in [0.3, 0.4) is 0 Å². The number of aryl methyl sites for hydroxylation is 1. The molecule has 0 N–H and O–H groups in total. The van der Waals surface area contributed by atoms with Crippen LogP contribution < -0.4 is 0 Å². The van der Waals surface area contributed by atoms with Crippen LogP contribution in [0.25, 0.3) is 0 Å². The van der Waals surface area contributed by atoms with Gasteiger partial charge in [-0.1, -0.05) is 30.3 Å². The van der Waals surface area contributed by atoms with Crippen molar-refractivity contribution in [3.63, 3.8) is 0 Å². The highest BCUT2D eigenvalue weighted by Crippen LogP contribution is 2.23. The van der Waals surface area contributed by atoms with E-state index >= 15 is 0 Å². The number of rotatable bonds is 6. The summed E-state index contributed by atoms with van der Waals surface area (Å²) in [6.07, 6.45) is 1.23. The largest absolute Gasteiger partial charge is 0.465 e. The summed E-state index contributed by atoms with van der Waals surface area (Å²) in [5, 5.41) is 0. The molecular weight excluding hydrogens is 226 g/mol. The van der Waals surface area contributed by atoms with Gasteiger partial charge in [-0.3, -0.25) is 0 Å². The van der Waals surface area contributed by atoms with Crippen LogP contribution in [0, 0.1) is 0 Å². The molecule has 1 rings (SSSR count). The molecule has 1 aromatic rings. The highest BCUT2D eigenvalue weighted by molar-refractivity contribution is 5.77. The van der Waals surface area contributed by atoms with Gasteiger partial charge in [0.25, 0.3) is 0 Å². The molecule has 0 amide bonds. The fourth-order valence-electron chi connectivity index (χ4n) is 1.57. The summed E-state index contributed by atoms with van der Waals surface area (Å²) < 4.78 is 30.2. The van der Waals surface area contributed by atoms with Crippen molar-refractivity contribution in [1.29, 1.82) is 0 Å². The van der Waals surface area contributed by atoms with E-state index in [9.17, 15) is 13.6 Å².